The van der Waals surface area contributed by atoms with Crippen LogP contribution in [0.5, 0.6) is 0 Å². The Kier molecular flexibility index (Phi) is 3.90. The number of hydrogen-bond acceptors (Lipinski definition) is 4. The van der Waals surface area contributed by atoms with E-state index in [1.54, 1.807) is 11.6 Å². The molecule has 0 aromatic carbocycles. The first-order chi connectivity index (χ1) is 10.6. The molecule has 0 aliphatic carbocycles. The highest BCUT2D eigenvalue weighted by molar-refractivity contribution is 5.71. The fourth-order valence-electron chi connectivity index (χ4n) is 3.37. The van der Waals surface area contributed by atoms with Gasteiger partial charge in [0.25, 0.3) is 5.56 Å². The normalized spacial score (nSPS) is 16.5. The van der Waals surface area contributed by atoms with Gasteiger partial charge in [0, 0.05) is 19.6 Å². The highest BCUT2D eigenvalue weighted by Crippen LogP contribution is 2.24. The number of fused-ring (bicyclic) bond motifs is 1. The molecule has 0 unspecified atom stereocenters. The Bertz CT molecular complexity index is 808. The van der Waals surface area contributed by atoms with Gasteiger partial charge < -0.3 is 9.88 Å². The molecule has 2 aromatic rings. The minimum absolute atomic E-state index is 0.244. The summed E-state index contributed by atoms with van der Waals surface area (Å²) in [5, 5.41) is 3.34. The zero-order valence-electron chi connectivity index (χ0n) is 13.4. The zero-order valence-corrected chi connectivity index (χ0v) is 13.4. The van der Waals surface area contributed by atoms with Crippen LogP contribution in [0.4, 0.5) is 0 Å². The van der Waals surface area contributed by atoms with Gasteiger partial charge in [-0.3, -0.25) is 13.9 Å². The van der Waals surface area contributed by atoms with Crippen molar-refractivity contribution in [2.24, 2.45) is 7.05 Å². The van der Waals surface area contributed by atoms with E-state index < -0.39 is 0 Å². The molecule has 0 amide bonds. The summed E-state index contributed by atoms with van der Waals surface area (Å²) in [6.07, 6.45) is 2.77. The minimum atomic E-state index is -0.283. The Labute approximate surface area is 128 Å². The summed E-state index contributed by atoms with van der Waals surface area (Å²) in [6.45, 7) is 6.39. The van der Waals surface area contributed by atoms with E-state index in [9.17, 15) is 9.59 Å². The van der Waals surface area contributed by atoms with Gasteiger partial charge in [0.1, 0.15) is 5.82 Å². The van der Waals surface area contributed by atoms with E-state index in [4.69, 9.17) is 0 Å². The van der Waals surface area contributed by atoms with Gasteiger partial charge in [-0.25, -0.2) is 9.78 Å². The Morgan fingerprint density at radius 1 is 1.27 bits per heavy atom. The fourth-order valence-corrected chi connectivity index (χ4v) is 3.37. The second-order valence-corrected chi connectivity index (χ2v) is 5.98. The maximum atomic E-state index is 12.7. The Morgan fingerprint density at radius 3 is 2.59 bits per heavy atom. The highest BCUT2D eigenvalue weighted by Gasteiger charge is 2.24. The lowest BCUT2D eigenvalue weighted by Gasteiger charge is -2.25. The minimum Gasteiger partial charge on any atom is -0.319 e. The number of imidazole rings is 1. The van der Waals surface area contributed by atoms with Crippen molar-refractivity contribution in [3.63, 3.8) is 0 Å². The average molecular weight is 305 g/mol. The Hall–Kier alpha value is -1.89. The van der Waals surface area contributed by atoms with Crippen LogP contribution in [0.2, 0.25) is 0 Å². The van der Waals surface area contributed by atoms with Crippen molar-refractivity contribution in [2.75, 3.05) is 13.1 Å². The first-order valence-corrected chi connectivity index (χ1v) is 7.95. The fraction of sp³-hybridized carbons (Fsp3) is 0.667. The molecule has 3 rings (SSSR count). The van der Waals surface area contributed by atoms with Crippen molar-refractivity contribution in [3.8, 4) is 0 Å². The van der Waals surface area contributed by atoms with Crippen LogP contribution in [-0.4, -0.2) is 31.8 Å². The SMILES string of the molecule is CCCn1c(=O)n(C)c(=O)c2c1nc(C)n2C1CCNCC1. The summed E-state index contributed by atoms with van der Waals surface area (Å²) < 4.78 is 4.88. The van der Waals surface area contributed by atoms with Crippen molar-refractivity contribution < 1.29 is 0 Å². The smallest absolute Gasteiger partial charge is 0.319 e. The Morgan fingerprint density at radius 2 is 1.95 bits per heavy atom. The number of nitrogens with one attached hydrogen (secondary N) is 1. The first-order valence-electron chi connectivity index (χ1n) is 7.95. The summed E-state index contributed by atoms with van der Waals surface area (Å²) >= 11 is 0. The van der Waals surface area contributed by atoms with Crippen LogP contribution in [0.25, 0.3) is 11.2 Å². The van der Waals surface area contributed by atoms with E-state index in [0.29, 0.717) is 17.7 Å². The second kappa shape index (κ2) is 5.72. The van der Waals surface area contributed by atoms with Crippen LogP contribution in [0, 0.1) is 6.92 Å². The topological polar surface area (TPSA) is 73.8 Å². The second-order valence-electron chi connectivity index (χ2n) is 5.98. The lowest BCUT2D eigenvalue weighted by atomic mass is 10.1. The summed E-state index contributed by atoms with van der Waals surface area (Å²) in [5.41, 5.74) is 0.576. The van der Waals surface area contributed by atoms with Gasteiger partial charge in [0.15, 0.2) is 11.2 Å². The molecule has 0 spiro atoms. The third-order valence-corrected chi connectivity index (χ3v) is 4.47. The molecule has 3 heterocycles. The van der Waals surface area contributed by atoms with E-state index in [0.717, 1.165) is 38.2 Å². The highest BCUT2D eigenvalue weighted by atomic mass is 16.2. The lowest BCUT2D eigenvalue weighted by Crippen LogP contribution is -2.39. The summed E-state index contributed by atoms with van der Waals surface area (Å²) in [7, 11) is 1.55. The molecule has 7 heteroatoms. The van der Waals surface area contributed by atoms with Crippen molar-refractivity contribution in [1.29, 1.82) is 0 Å². The molecule has 2 aromatic heterocycles. The van der Waals surface area contributed by atoms with Crippen LogP contribution in [-0.2, 0) is 13.6 Å². The molecule has 1 fully saturated rings. The number of nitrogens with zero attached hydrogens (tertiary/aromatic N) is 4. The molecule has 1 saturated heterocycles. The van der Waals surface area contributed by atoms with Gasteiger partial charge in [-0.1, -0.05) is 6.92 Å². The number of rotatable bonds is 3. The largest absolute Gasteiger partial charge is 0.332 e. The maximum absolute atomic E-state index is 12.7. The van der Waals surface area contributed by atoms with Crippen molar-refractivity contribution in [3.05, 3.63) is 26.7 Å². The molecule has 1 aliphatic rings. The average Bonchev–Trinajstić information content (AvgIpc) is 2.87. The summed E-state index contributed by atoms with van der Waals surface area (Å²) in [4.78, 5) is 29.6. The molecule has 1 aliphatic heterocycles. The lowest BCUT2D eigenvalue weighted by molar-refractivity contribution is 0.369. The van der Waals surface area contributed by atoms with E-state index in [1.807, 2.05) is 18.4 Å². The van der Waals surface area contributed by atoms with Gasteiger partial charge in [0.2, 0.25) is 0 Å². The van der Waals surface area contributed by atoms with Crippen molar-refractivity contribution >= 4 is 11.2 Å². The molecule has 1 N–H and O–H groups in total. The molecular weight excluding hydrogens is 282 g/mol. The Balaban J connectivity index is 2.32. The van der Waals surface area contributed by atoms with Crippen LogP contribution in [0.15, 0.2) is 9.59 Å². The van der Waals surface area contributed by atoms with Crippen molar-refractivity contribution in [1.82, 2.24) is 24.0 Å². The summed E-state index contributed by atoms with van der Waals surface area (Å²) in [5.74, 6) is 0.814. The van der Waals surface area contributed by atoms with E-state index in [1.165, 1.54) is 4.57 Å². The van der Waals surface area contributed by atoms with Gasteiger partial charge in [-0.2, -0.15) is 0 Å². The first kappa shape index (κ1) is 15.0. The third kappa shape index (κ3) is 2.20. The number of aromatic nitrogens is 4. The molecule has 0 bridgehead atoms. The van der Waals surface area contributed by atoms with Crippen molar-refractivity contribution in [2.45, 2.75) is 45.7 Å². The quantitative estimate of drug-likeness (QED) is 0.898. The van der Waals surface area contributed by atoms with Gasteiger partial charge >= 0.3 is 5.69 Å². The van der Waals surface area contributed by atoms with E-state index >= 15 is 0 Å². The van der Waals surface area contributed by atoms with E-state index in [-0.39, 0.29) is 17.3 Å². The monoisotopic (exact) mass is 305 g/mol. The third-order valence-electron chi connectivity index (χ3n) is 4.47. The maximum Gasteiger partial charge on any atom is 0.332 e. The van der Waals surface area contributed by atoms with Gasteiger partial charge in [0.05, 0.1) is 0 Å². The van der Waals surface area contributed by atoms with Crippen LogP contribution in [0.3, 0.4) is 0 Å². The van der Waals surface area contributed by atoms with Crippen LogP contribution in [0.1, 0.15) is 38.1 Å². The number of aryl methyl sites for hydroxylation is 2. The standard InChI is InChI=1S/C15H23N5O2/c1-4-9-19-13-12(14(21)18(3)15(19)22)20(10(2)17-13)11-5-7-16-8-6-11/h11,16H,4-9H2,1-3H3. The molecule has 22 heavy (non-hydrogen) atoms. The molecule has 7 nitrogen and oxygen atoms in total. The predicted octanol–water partition coefficient (Wildman–Crippen LogP) is 0.540. The van der Waals surface area contributed by atoms with E-state index in [2.05, 4.69) is 10.3 Å². The van der Waals surface area contributed by atoms with Crippen LogP contribution >= 0.6 is 0 Å². The molecule has 120 valence electrons. The zero-order chi connectivity index (χ0) is 15.9. The molecule has 0 saturated carbocycles. The van der Waals surface area contributed by atoms with Crippen LogP contribution < -0.4 is 16.6 Å². The van der Waals surface area contributed by atoms with Gasteiger partial charge in [-0.15, -0.1) is 0 Å². The molecule has 0 radical (unpaired) electrons. The summed E-state index contributed by atoms with van der Waals surface area (Å²) in [6, 6.07) is 0.270. The molecule has 0 atom stereocenters. The number of piperidine rings is 1. The van der Waals surface area contributed by atoms with Gasteiger partial charge in [-0.05, 0) is 39.3 Å². The number of hydrogen-bond donors (Lipinski definition) is 1. The predicted molar refractivity (Wildman–Crippen MR) is 85.4 cm³/mol. The molecular formula is C15H23N5O2.